The van der Waals surface area contributed by atoms with Crippen molar-refractivity contribution in [1.29, 1.82) is 0 Å². The van der Waals surface area contributed by atoms with Crippen molar-refractivity contribution in [2.45, 2.75) is 19.3 Å². The minimum absolute atomic E-state index is 0.115. The second-order valence-electron chi connectivity index (χ2n) is 4.66. The summed E-state index contributed by atoms with van der Waals surface area (Å²) in [6.07, 6.45) is 4.79. The fraction of sp³-hybridized carbons (Fsp3) is 0.583. The highest BCUT2D eigenvalue weighted by Crippen LogP contribution is 2.30. The van der Waals surface area contributed by atoms with E-state index in [-0.39, 0.29) is 16.5 Å². The summed E-state index contributed by atoms with van der Waals surface area (Å²) in [6, 6.07) is 1.43. The lowest BCUT2D eigenvalue weighted by atomic mass is 9.95. The maximum absolute atomic E-state index is 10.9. The summed E-state index contributed by atoms with van der Waals surface area (Å²) in [5.74, 6) is 0.929. The van der Waals surface area contributed by atoms with Crippen molar-refractivity contribution in [3.8, 4) is 0 Å². The number of pyridine rings is 1. The molecule has 1 saturated heterocycles. The Morgan fingerprint density at radius 3 is 2.95 bits per heavy atom. The minimum atomic E-state index is -0.498. The van der Waals surface area contributed by atoms with Gasteiger partial charge in [0.25, 0.3) is 0 Å². The second-order valence-corrected chi connectivity index (χ2v) is 5.06. The maximum atomic E-state index is 10.9. The number of piperidine rings is 1. The number of rotatable bonds is 5. The summed E-state index contributed by atoms with van der Waals surface area (Å²) < 4.78 is 0. The van der Waals surface area contributed by atoms with Gasteiger partial charge in [-0.05, 0) is 44.3 Å². The van der Waals surface area contributed by atoms with Gasteiger partial charge in [-0.1, -0.05) is 11.6 Å². The van der Waals surface area contributed by atoms with E-state index >= 15 is 0 Å². The molecule has 0 saturated carbocycles. The molecule has 1 aliphatic rings. The van der Waals surface area contributed by atoms with Gasteiger partial charge in [0, 0.05) is 12.7 Å². The minimum Gasteiger partial charge on any atom is -0.364 e. The number of nitrogens with zero attached hydrogens (tertiary/aromatic N) is 2. The molecule has 7 heteroatoms. The van der Waals surface area contributed by atoms with E-state index in [1.165, 1.54) is 12.3 Å². The van der Waals surface area contributed by atoms with Gasteiger partial charge in [-0.2, -0.15) is 0 Å². The third kappa shape index (κ3) is 3.78. The van der Waals surface area contributed by atoms with Gasteiger partial charge in [-0.3, -0.25) is 10.1 Å². The number of aromatic nitrogens is 1. The molecule has 104 valence electrons. The highest BCUT2D eigenvalue weighted by Gasteiger charge is 2.20. The molecule has 19 heavy (non-hydrogen) atoms. The van der Waals surface area contributed by atoms with E-state index in [1.54, 1.807) is 0 Å². The van der Waals surface area contributed by atoms with Gasteiger partial charge in [0.1, 0.15) is 5.02 Å². The van der Waals surface area contributed by atoms with Crippen molar-refractivity contribution < 1.29 is 4.92 Å². The normalized spacial score (nSPS) is 16.3. The van der Waals surface area contributed by atoms with Crippen molar-refractivity contribution in [2.24, 2.45) is 5.92 Å². The van der Waals surface area contributed by atoms with Crippen LogP contribution < -0.4 is 10.6 Å². The van der Waals surface area contributed by atoms with Crippen LogP contribution in [-0.2, 0) is 0 Å². The Balaban J connectivity index is 1.92. The van der Waals surface area contributed by atoms with Crippen LogP contribution in [-0.4, -0.2) is 29.5 Å². The van der Waals surface area contributed by atoms with E-state index in [9.17, 15) is 10.1 Å². The highest BCUT2D eigenvalue weighted by atomic mass is 35.5. The van der Waals surface area contributed by atoms with Crippen LogP contribution in [0.25, 0.3) is 0 Å². The monoisotopic (exact) mass is 284 g/mol. The van der Waals surface area contributed by atoms with Crippen molar-refractivity contribution in [1.82, 2.24) is 10.3 Å². The molecule has 0 unspecified atom stereocenters. The first-order valence-electron chi connectivity index (χ1n) is 6.42. The molecule has 0 aromatic carbocycles. The average Bonchev–Trinajstić information content (AvgIpc) is 2.39. The lowest BCUT2D eigenvalue weighted by molar-refractivity contribution is -0.384. The van der Waals surface area contributed by atoms with Crippen molar-refractivity contribution in [3.63, 3.8) is 0 Å². The lowest BCUT2D eigenvalue weighted by Gasteiger charge is -2.22. The van der Waals surface area contributed by atoms with E-state index in [1.807, 2.05) is 0 Å². The standard InChI is InChI=1S/C12H17ClN4O2/c13-10-4-8-16-12(11(10)17(18)19)15-7-3-9-1-5-14-6-2-9/h4,8-9,14H,1-3,5-7H2,(H,15,16). The first-order chi connectivity index (χ1) is 9.18. The Kier molecular flexibility index (Phi) is 4.93. The molecule has 0 radical (unpaired) electrons. The Morgan fingerprint density at radius 2 is 2.26 bits per heavy atom. The van der Waals surface area contributed by atoms with E-state index in [0.717, 1.165) is 32.4 Å². The van der Waals surface area contributed by atoms with Crippen LogP contribution >= 0.6 is 11.6 Å². The number of hydrogen-bond donors (Lipinski definition) is 2. The average molecular weight is 285 g/mol. The summed E-state index contributed by atoms with van der Waals surface area (Å²) in [7, 11) is 0. The molecule has 0 bridgehead atoms. The Labute approximate surface area is 116 Å². The molecule has 0 atom stereocenters. The molecule has 1 aromatic rings. The Morgan fingerprint density at radius 1 is 1.53 bits per heavy atom. The van der Waals surface area contributed by atoms with Gasteiger partial charge in [0.05, 0.1) is 4.92 Å². The van der Waals surface area contributed by atoms with Crippen LogP contribution in [0.1, 0.15) is 19.3 Å². The zero-order valence-electron chi connectivity index (χ0n) is 10.6. The van der Waals surface area contributed by atoms with Gasteiger partial charge in [-0.15, -0.1) is 0 Å². The summed E-state index contributed by atoms with van der Waals surface area (Å²) in [4.78, 5) is 14.4. The fourth-order valence-electron chi connectivity index (χ4n) is 2.30. The molecular formula is C12H17ClN4O2. The van der Waals surface area contributed by atoms with E-state index in [2.05, 4.69) is 15.6 Å². The van der Waals surface area contributed by atoms with Crippen molar-refractivity contribution in [3.05, 3.63) is 27.4 Å². The Hall–Kier alpha value is -1.40. The van der Waals surface area contributed by atoms with E-state index < -0.39 is 4.92 Å². The van der Waals surface area contributed by atoms with Gasteiger partial charge in [-0.25, -0.2) is 4.98 Å². The second kappa shape index (κ2) is 6.68. The Bertz CT molecular complexity index is 449. The van der Waals surface area contributed by atoms with Crippen LogP contribution in [0.15, 0.2) is 12.3 Å². The van der Waals surface area contributed by atoms with Crippen LogP contribution in [0.2, 0.25) is 5.02 Å². The first kappa shape index (κ1) is 14.0. The first-order valence-corrected chi connectivity index (χ1v) is 6.79. The molecular weight excluding hydrogens is 268 g/mol. The van der Waals surface area contributed by atoms with Crippen molar-refractivity contribution in [2.75, 3.05) is 25.0 Å². The quantitative estimate of drug-likeness (QED) is 0.641. The molecule has 1 aliphatic heterocycles. The SMILES string of the molecule is O=[N+]([O-])c1c(Cl)ccnc1NCCC1CCNCC1. The molecule has 6 nitrogen and oxygen atoms in total. The van der Waals surface area contributed by atoms with Gasteiger partial charge in [0.15, 0.2) is 0 Å². The topological polar surface area (TPSA) is 80.1 Å². The molecule has 0 spiro atoms. The van der Waals surface area contributed by atoms with Crippen LogP contribution in [0, 0.1) is 16.0 Å². The third-order valence-corrected chi connectivity index (χ3v) is 3.67. The molecule has 2 rings (SSSR count). The maximum Gasteiger partial charge on any atom is 0.329 e. The number of anilines is 1. The molecule has 0 aliphatic carbocycles. The van der Waals surface area contributed by atoms with Crippen LogP contribution in [0.4, 0.5) is 11.5 Å². The summed E-state index contributed by atoms with van der Waals surface area (Å²) in [5, 5.41) is 17.4. The number of hydrogen-bond acceptors (Lipinski definition) is 5. The zero-order chi connectivity index (χ0) is 13.7. The summed E-state index contributed by atoms with van der Waals surface area (Å²) in [6.45, 7) is 2.79. The van der Waals surface area contributed by atoms with Crippen LogP contribution in [0.3, 0.4) is 0 Å². The number of nitrogens with one attached hydrogen (secondary N) is 2. The summed E-state index contributed by atoms with van der Waals surface area (Å²) in [5.41, 5.74) is -0.144. The lowest BCUT2D eigenvalue weighted by Crippen LogP contribution is -2.28. The predicted molar refractivity (Wildman–Crippen MR) is 74.6 cm³/mol. The van der Waals surface area contributed by atoms with Crippen LogP contribution in [0.5, 0.6) is 0 Å². The van der Waals surface area contributed by atoms with Gasteiger partial charge >= 0.3 is 5.69 Å². The zero-order valence-corrected chi connectivity index (χ0v) is 11.3. The van der Waals surface area contributed by atoms with E-state index in [4.69, 9.17) is 11.6 Å². The van der Waals surface area contributed by atoms with Crippen molar-refractivity contribution >= 4 is 23.1 Å². The van der Waals surface area contributed by atoms with E-state index in [0.29, 0.717) is 12.5 Å². The largest absolute Gasteiger partial charge is 0.364 e. The highest BCUT2D eigenvalue weighted by molar-refractivity contribution is 6.33. The molecule has 2 heterocycles. The van der Waals surface area contributed by atoms with Gasteiger partial charge < -0.3 is 10.6 Å². The molecule has 1 aromatic heterocycles. The fourth-order valence-corrected chi connectivity index (χ4v) is 2.51. The van der Waals surface area contributed by atoms with Gasteiger partial charge in [0.2, 0.25) is 5.82 Å². The summed E-state index contributed by atoms with van der Waals surface area (Å²) >= 11 is 5.82. The molecule has 2 N–H and O–H groups in total. The smallest absolute Gasteiger partial charge is 0.329 e. The number of nitro groups is 1. The molecule has 0 amide bonds. The third-order valence-electron chi connectivity index (χ3n) is 3.36. The number of halogens is 1. The predicted octanol–water partition coefficient (Wildman–Crippen LogP) is 2.44. The molecule has 1 fully saturated rings.